The van der Waals surface area contributed by atoms with Crippen molar-refractivity contribution in [1.82, 2.24) is 0 Å². The number of Topliss-reactive ketones (excluding diaryl/α,β-unsaturated/α-hetero) is 1. The van der Waals surface area contributed by atoms with Gasteiger partial charge in [0.15, 0.2) is 11.5 Å². The van der Waals surface area contributed by atoms with E-state index in [-0.39, 0.29) is 17.1 Å². The van der Waals surface area contributed by atoms with Gasteiger partial charge >= 0.3 is 5.69 Å². The highest BCUT2D eigenvalue weighted by Crippen LogP contribution is 2.30. The normalized spacial score (nSPS) is 9.93. The first-order chi connectivity index (χ1) is 6.97. The minimum atomic E-state index is -0.791. The van der Waals surface area contributed by atoms with Crippen molar-refractivity contribution in [1.29, 1.82) is 0 Å². The zero-order valence-electron chi connectivity index (χ0n) is 7.44. The molecule has 7 heteroatoms. The van der Waals surface area contributed by atoms with E-state index in [2.05, 4.69) is 0 Å². The van der Waals surface area contributed by atoms with Crippen molar-refractivity contribution in [3.8, 4) is 5.75 Å². The highest BCUT2D eigenvalue weighted by Gasteiger charge is 2.19. The first kappa shape index (κ1) is 11.3. The summed E-state index contributed by atoms with van der Waals surface area (Å²) in [4.78, 5) is 20.8. The van der Waals surface area contributed by atoms with Crippen LogP contribution in [0.4, 0.5) is 11.4 Å². The van der Waals surface area contributed by atoms with Gasteiger partial charge in [0, 0.05) is 23.4 Å². The minimum absolute atomic E-state index is 0.0203. The van der Waals surface area contributed by atoms with Gasteiger partial charge in [-0.1, -0.05) is 0 Å². The molecule has 3 N–H and O–H groups in total. The summed E-state index contributed by atoms with van der Waals surface area (Å²) in [5, 5.41) is 19.6. The molecule has 0 atom stereocenters. The lowest BCUT2D eigenvalue weighted by molar-refractivity contribution is -0.385. The molecule has 0 radical (unpaired) electrons. The fourth-order valence-electron chi connectivity index (χ4n) is 1.05. The van der Waals surface area contributed by atoms with E-state index in [0.717, 1.165) is 12.1 Å². The number of anilines is 1. The van der Waals surface area contributed by atoms with Gasteiger partial charge in [-0.15, -0.1) is 11.6 Å². The maximum Gasteiger partial charge on any atom is 0.312 e. The third-order valence-electron chi connectivity index (χ3n) is 1.77. The molecule has 0 amide bonds. The molecule has 1 aromatic rings. The Labute approximate surface area is 89.4 Å². The molecule has 0 aliphatic carbocycles. The van der Waals surface area contributed by atoms with Gasteiger partial charge in [-0.3, -0.25) is 14.9 Å². The fraction of sp³-hybridized carbons (Fsp3) is 0.125. The summed E-state index contributed by atoms with van der Waals surface area (Å²) >= 11 is 5.29. The molecule has 0 unspecified atom stereocenters. The van der Waals surface area contributed by atoms with Crippen molar-refractivity contribution < 1.29 is 14.8 Å². The van der Waals surface area contributed by atoms with Crippen molar-refractivity contribution in [3.63, 3.8) is 0 Å². The Morgan fingerprint density at radius 1 is 1.60 bits per heavy atom. The van der Waals surface area contributed by atoms with Gasteiger partial charge in [-0.2, -0.15) is 0 Å². The SMILES string of the molecule is Nc1cc([N+](=O)[O-])c(O)cc1C(=O)CCl. The molecule has 1 rings (SSSR count). The molecule has 0 aromatic heterocycles. The maximum absolute atomic E-state index is 11.2. The van der Waals surface area contributed by atoms with E-state index in [0.29, 0.717) is 0 Å². The second-order valence-electron chi connectivity index (χ2n) is 2.74. The van der Waals surface area contributed by atoms with Crippen LogP contribution in [0, 0.1) is 10.1 Å². The third kappa shape index (κ3) is 2.16. The Bertz CT molecular complexity index is 433. The molecule has 0 aliphatic heterocycles. The number of alkyl halides is 1. The van der Waals surface area contributed by atoms with E-state index in [1.807, 2.05) is 0 Å². The number of halogens is 1. The Morgan fingerprint density at radius 2 is 2.20 bits per heavy atom. The van der Waals surface area contributed by atoms with Crippen molar-refractivity contribution in [3.05, 3.63) is 27.8 Å². The predicted octanol–water partition coefficient (Wildman–Crippen LogP) is 1.30. The van der Waals surface area contributed by atoms with Crippen molar-refractivity contribution >= 4 is 28.8 Å². The monoisotopic (exact) mass is 230 g/mol. The predicted molar refractivity (Wildman–Crippen MR) is 54.2 cm³/mol. The molecule has 1 aromatic carbocycles. The van der Waals surface area contributed by atoms with Gasteiger partial charge in [0.05, 0.1) is 10.8 Å². The number of carbonyl (C=O) groups excluding carboxylic acids is 1. The van der Waals surface area contributed by atoms with E-state index < -0.39 is 22.1 Å². The molecule has 80 valence electrons. The summed E-state index contributed by atoms with van der Waals surface area (Å²) in [6.45, 7) is 0. The second-order valence-corrected chi connectivity index (χ2v) is 3.01. The summed E-state index contributed by atoms with van der Waals surface area (Å²) < 4.78 is 0. The van der Waals surface area contributed by atoms with E-state index in [4.69, 9.17) is 17.3 Å². The molecule has 0 fully saturated rings. The number of nitrogens with zero attached hydrogens (tertiary/aromatic N) is 1. The van der Waals surface area contributed by atoms with Crippen LogP contribution < -0.4 is 5.73 Å². The molecule has 0 spiro atoms. The van der Waals surface area contributed by atoms with Crippen LogP contribution in [-0.2, 0) is 0 Å². The number of phenols is 1. The number of nitrogen functional groups attached to an aromatic ring is 1. The lowest BCUT2D eigenvalue weighted by Gasteiger charge is -2.03. The van der Waals surface area contributed by atoms with Crippen LogP contribution in [0.15, 0.2) is 12.1 Å². The molecule has 15 heavy (non-hydrogen) atoms. The number of nitrogens with two attached hydrogens (primary N) is 1. The summed E-state index contributed by atoms with van der Waals surface area (Å²) in [5.74, 6) is -1.41. The number of nitro groups is 1. The van der Waals surface area contributed by atoms with Crippen LogP contribution in [0.3, 0.4) is 0 Å². The van der Waals surface area contributed by atoms with Gasteiger partial charge in [0.1, 0.15) is 0 Å². The van der Waals surface area contributed by atoms with Gasteiger partial charge in [-0.05, 0) is 0 Å². The number of carbonyl (C=O) groups is 1. The first-order valence-corrected chi connectivity index (χ1v) is 4.37. The smallest absolute Gasteiger partial charge is 0.312 e. The van der Waals surface area contributed by atoms with E-state index >= 15 is 0 Å². The summed E-state index contributed by atoms with van der Waals surface area (Å²) in [6.07, 6.45) is 0. The van der Waals surface area contributed by atoms with Crippen molar-refractivity contribution in [2.45, 2.75) is 0 Å². The Balaban J connectivity index is 3.31. The molecular formula is C8H7ClN2O4. The van der Waals surface area contributed by atoms with E-state index in [9.17, 15) is 20.0 Å². The topological polar surface area (TPSA) is 106 Å². The van der Waals surface area contributed by atoms with Gasteiger partial charge in [0.25, 0.3) is 0 Å². The van der Waals surface area contributed by atoms with Gasteiger partial charge < -0.3 is 10.8 Å². The van der Waals surface area contributed by atoms with Gasteiger partial charge in [-0.25, -0.2) is 0 Å². The largest absolute Gasteiger partial charge is 0.502 e. The molecule has 0 saturated carbocycles. The summed E-state index contributed by atoms with van der Waals surface area (Å²) in [5.41, 5.74) is 4.77. The molecule has 0 saturated heterocycles. The summed E-state index contributed by atoms with van der Waals surface area (Å²) in [7, 11) is 0. The van der Waals surface area contributed by atoms with Crippen LogP contribution in [0.5, 0.6) is 5.75 Å². The lowest BCUT2D eigenvalue weighted by Crippen LogP contribution is -2.05. The van der Waals surface area contributed by atoms with E-state index in [1.165, 1.54) is 0 Å². The van der Waals surface area contributed by atoms with E-state index in [1.54, 1.807) is 0 Å². The molecule has 0 bridgehead atoms. The highest BCUT2D eigenvalue weighted by atomic mass is 35.5. The Morgan fingerprint density at radius 3 is 2.67 bits per heavy atom. The number of hydrogen-bond acceptors (Lipinski definition) is 5. The third-order valence-corrected chi connectivity index (χ3v) is 2.01. The standard InChI is InChI=1S/C8H7ClN2O4/c9-3-8(13)4-1-7(12)6(11(14)15)2-5(4)10/h1-2,12H,3,10H2. The average molecular weight is 231 g/mol. The molecular weight excluding hydrogens is 224 g/mol. The van der Waals surface area contributed by atoms with Crippen LogP contribution in [0.1, 0.15) is 10.4 Å². The zero-order chi connectivity index (χ0) is 11.6. The van der Waals surface area contributed by atoms with Crippen LogP contribution in [0.25, 0.3) is 0 Å². The van der Waals surface area contributed by atoms with Crippen LogP contribution >= 0.6 is 11.6 Å². The number of nitro benzene ring substituents is 1. The number of ketones is 1. The minimum Gasteiger partial charge on any atom is -0.502 e. The van der Waals surface area contributed by atoms with Crippen molar-refractivity contribution in [2.24, 2.45) is 0 Å². The number of hydrogen-bond donors (Lipinski definition) is 2. The number of benzene rings is 1. The van der Waals surface area contributed by atoms with Crippen molar-refractivity contribution in [2.75, 3.05) is 11.6 Å². The lowest BCUT2D eigenvalue weighted by atomic mass is 10.1. The fourth-order valence-corrected chi connectivity index (χ4v) is 1.20. The Kier molecular flexibility index (Phi) is 3.11. The molecule has 6 nitrogen and oxygen atoms in total. The summed E-state index contributed by atoms with van der Waals surface area (Å²) in [6, 6.07) is 1.87. The molecule has 0 heterocycles. The first-order valence-electron chi connectivity index (χ1n) is 3.83. The average Bonchev–Trinajstić information content (AvgIpc) is 2.19. The zero-order valence-corrected chi connectivity index (χ0v) is 8.19. The highest BCUT2D eigenvalue weighted by molar-refractivity contribution is 6.31. The number of rotatable bonds is 3. The molecule has 0 aliphatic rings. The van der Waals surface area contributed by atoms with Crippen LogP contribution in [-0.4, -0.2) is 21.7 Å². The number of aromatic hydroxyl groups is 1. The van der Waals surface area contributed by atoms with Gasteiger partial charge in [0.2, 0.25) is 0 Å². The van der Waals surface area contributed by atoms with Crippen LogP contribution in [0.2, 0.25) is 0 Å². The maximum atomic E-state index is 11.2. The quantitative estimate of drug-likeness (QED) is 0.203. The second kappa shape index (κ2) is 4.14. The number of phenolic OH excluding ortho intramolecular Hbond substituents is 1. The Hall–Kier alpha value is -1.82.